The number of aliphatic hydroxyl groups excluding tert-OH is 1. The van der Waals surface area contributed by atoms with Crippen LogP contribution in [-0.2, 0) is 0 Å². The molecule has 3 aromatic rings. The zero-order valence-corrected chi connectivity index (χ0v) is 12.0. The van der Waals surface area contributed by atoms with Crippen molar-refractivity contribution in [3.63, 3.8) is 0 Å². The molecule has 5 heteroatoms. The van der Waals surface area contributed by atoms with E-state index in [1.807, 2.05) is 29.6 Å². The molecule has 1 aromatic carbocycles. The average molecular weight is 310 g/mol. The van der Waals surface area contributed by atoms with Crippen molar-refractivity contribution in [2.45, 2.75) is 6.10 Å². The van der Waals surface area contributed by atoms with Gasteiger partial charge in [-0.25, -0.2) is 0 Å². The van der Waals surface area contributed by atoms with Crippen molar-refractivity contribution >= 4 is 44.6 Å². The zero-order chi connectivity index (χ0) is 13.4. The first-order chi connectivity index (χ1) is 9.16. The molecule has 0 bridgehead atoms. The van der Waals surface area contributed by atoms with Gasteiger partial charge in [0.05, 0.1) is 15.7 Å². The van der Waals surface area contributed by atoms with Crippen LogP contribution < -0.4 is 0 Å². The molecule has 0 fully saturated rings. The Hall–Kier alpha value is -1.13. The first-order valence-corrected chi connectivity index (χ1v) is 7.25. The highest BCUT2D eigenvalue weighted by Crippen LogP contribution is 2.34. The molecule has 0 saturated heterocycles. The topological polar surface area (TPSA) is 33.1 Å². The molecule has 0 saturated carbocycles. The second-order valence-electron chi connectivity index (χ2n) is 4.11. The van der Waals surface area contributed by atoms with Crippen LogP contribution in [0.3, 0.4) is 0 Å². The third-order valence-corrected chi connectivity index (χ3v) is 4.39. The van der Waals surface area contributed by atoms with Crippen molar-refractivity contribution in [1.29, 1.82) is 0 Å². The third kappa shape index (κ3) is 2.35. The third-order valence-electron chi connectivity index (χ3n) is 2.90. The van der Waals surface area contributed by atoms with Crippen molar-refractivity contribution in [2.75, 3.05) is 0 Å². The van der Waals surface area contributed by atoms with E-state index in [9.17, 15) is 5.11 Å². The summed E-state index contributed by atoms with van der Waals surface area (Å²) in [5, 5.41) is 14.4. The van der Waals surface area contributed by atoms with Crippen molar-refractivity contribution in [3.8, 4) is 0 Å². The Morgan fingerprint density at radius 1 is 1.21 bits per heavy atom. The summed E-state index contributed by atoms with van der Waals surface area (Å²) >= 11 is 13.5. The molecule has 0 amide bonds. The van der Waals surface area contributed by atoms with Crippen LogP contribution in [0.25, 0.3) is 10.1 Å². The highest BCUT2D eigenvalue weighted by atomic mass is 35.5. The molecule has 0 radical (unpaired) electrons. The standard InChI is InChI=1S/C14H9Cl2NOS/c15-9-6-11(16)12(17-7-9)13(18)10-3-1-2-8-4-5-19-14(8)10/h1-7,13,18H. The molecule has 1 unspecified atom stereocenters. The Bertz CT molecular complexity index is 741. The molecule has 96 valence electrons. The van der Waals surface area contributed by atoms with Gasteiger partial charge in [0.15, 0.2) is 0 Å². The Morgan fingerprint density at radius 2 is 2.05 bits per heavy atom. The van der Waals surface area contributed by atoms with Gasteiger partial charge in [-0.05, 0) is 22.9 Å². The van der Waals surface area contributed by atoms with Crippen LogP contribution in [0, 0.1) is 0 Å². The first-order valence-electron chi connectivity index (χ1n) is 5.62. The van der Waals surface area contributed by atoms with Crippen LogP contribution in [0.2, 0.25) is 10.0 Å². The van der Waals surface area contributed by atoms with Gasteiger partial charge in [0.1, 0.15) is 6.10 Å². The molecule has 0 aliphatic carbocycles. The van der Waals surface area contributed by atoms with Gasteiger partial charge in [-0.3, -0.25) is 4.98 Å². The normalized spacial score (nSPS) is 12.8. The SMILES string of the molecule is OC(c1ncc(Cl)cc1Cl)c1cccc2ccsc12. The van der Waals surface area contributed by atoms with Gasteiger partial charge >= 0.3 is 0 Å². The molecular weight excluding hydrogens is 301 g/mol. The number of fused-ring (bicyclic) bond motifs is 1. The van der Waals surface area contributed by atoms with Crippen LogP contribution in [0.5, 0.6) is 0 Å². The number of aliphatic hydroxyl groups is 1. The highest BCUT2D eigenvalue weighted by molar-refractivity contribution is 7.17. The maximum absolute atomic E-state index is 10.5. The number of nitrogens with zero attached hydrogens (tertiary/aromatic N) is 1. The fourth-order valence-electron chi connectivity index (χ4n) is 2.01. The van der Waals surface area contributed by atoms with Crippen molar-refractivity contribution in [1.82, 2.24) is 4.98 Å². The van der Waals surface area contributed by atoms with E-state index in [2.05, 4.69) is 4.98 Å². The van der Waals surface area contributed by atoms with Gasteiger partial charge in [0.25, 0.3) is 0 Å². The number of hydrogen-bond donors (Lipinski definition) is 1. The van der Waals surface area contributed by atoms with Gasteiger partial charge in [-0.1, -0.05) is 41.4 Å². The maximum atomic E-state index is 10.5. The van der Waals surface area contributed by atoms with E-state index >= 15 is 0 Å². The van der Waals surface area contributed by atoms with Gasteiger partial charge in [0, 0.05) is 16.5 Å². The number of halogens is 2. The number of rotatable bonds is 2. The molecule has 0 aliphatic rings. The quantitative estimate of drug-likeness (QED) is 0.745. The minimum Gasteiger partial charge on any atom is -0.382 e. The minimum absolute atomic E-state index is 0.369. The predicted octanol–water partition coefficient (Wildman–Crippen LogP) is 4.68. The summed E-state index contributed by atoms with van der Waals surface area (Å²) in [6, 6.07) is 9.42. The average Bonchev–Trinajstić information content (AvgIpc) is 2.86. The molecule has 2 nitrogen and oxygen atoms in total. The fraction of sp³-hybridized carbons (Fsp3) is 0.0714. The number of hydrogen-bond acceptors (Lipinski definition) is 3. The van der Waals surface area contributed by atoms with E-state index in [0.717, 1.165) is 15.6 Å². The Kier molecular flexibility index (Phi) is 3.46. The second-order valence-corrected chi connectivity index (χ2v) is 5.87. The van der Waals surface area contributed by atoms with E-state index in [0.29, 0.717) is 15.7 Å². The van der Waals surface area contributed by atoms with Crippen LogP contribution in [-0.4, -0.2) is 10.1 Å². The summed E-state index contributed by atoms with van der Waals surface area (Å²) in [6.45, 7) is 0. The molecule has 2 aromatic heterocycles. The lowest BCUT2D eigenvalue weighted by Gasteiger charge is -2.13. The first kappa shape index (κ1) is 12.9. The number of benzene rings is 1. The van der Waals surface area contributed by atoms with E-state index in [1.54, 1.807) is 17.4 Å². The molecule has 3 rings (SSSR count). The number of thiophene rings is 1. The number of aromatic nitrogens is 1. The van der Waals surface area contributed by atoms with Crippen LogP contribution in [0.1, 0.15) is 17.4 Å². The summed E-state index contributed by atoms with van der Waals surface area (Å²) < 4.78 is 1.04. The lowest BCUT2D eigenvalue weighted by atomic mass is 10.0. The predicted molar refractivity (Wildman–Crippen MR) is 80.1 cm³/mol. The molecule has 19 heavy (non-hydrogen) atoms. The number of pyridine rings is 1. The molecule has 0 aliphatic heterocycles. The lowest BCUT2D eigenvalue weighted by molar-refractivity contribution is 0.217. The Labute approximate surface area is 124 Å². The van der Waals surface area contributed by atoms with Crippen molar-refractivity contribution < 1.29 is 5.11 Å². The summed E-state index contributed by atoms with van der Waals surface area (Å²) in [6.07, 6.45) is 0.632. The van der Waals surface area contributed by atoms with E-state index < -0.39 is 6.10 Å². The molecule has 1 atom stereocenters. The molecule has 0 spiro atoms. The van der Waals surface area contributed by atoms with Gasteiger partial charge in [0.2, 0.25) is 0 Å². The minimum atomic E-state index is -0.855. The maximum Gasteiger partial charge on any atom is 0.124 e. The fourth-order valence-corrected chi connectivity index (χ4v) is 3.43. The summed E-state index contributed by atoms with van der Waals surface area (Å²) in [7, 11) is 0. The van der Waals surface area contributed by atoms with Crippen molar-refractivity contribution in [3.05, 3.63) is 63.2 Å². The molecular formula is C14H9Cl2NOS. The highest BCUT2D eigenvalue weighted by Gasteiger charge is 2.18. The van der Waals surface area contributed by atoms with Crippen LogP contribution in [0.4, 0.5) is 0 Å². The van der Waals surface area contributed by atoms with Crippen LogP contribution in [0.15, 0.2) is 41.9 Å². The largest absolute Gasteiger partial charge is 0.382 e. The van der Waals surface area contributed by atoms with Crippen LogP contribution >= 0.6 is 34.5 Å². The van der Waals surface area contributed by atoms with E-state index in [4.69, 9.17) is 23.2 Å². The van der Waals surface area contributed by atoms with Gasteiger partial charge < -0.3 is 5.11 Å². The monoisotopic (exact) mass is 309 g/mol. The molecule has 1 N–H and O–H groups in total. The van der Waals surface area contributed by atoms with Gasteiger partial charge in [-0.15, -0.1) is 11.3 Å². The van der Waals surface area contributed by atoms with Gasteiger partial charge in [-0.2, -0.15) is 0 Å². The lowest BCUT2D eigenvalue weighted by Crippen LogP contribution is -2.03. The summed E-state index contributed by atoms with van der Waals surface area (Å²) in [5.74, 6) is 0. The molecule has 2 heterocycles. The second kappa shape index (κ2) is 5.10. The summed E-state index contributed by atoms with van der Waals surface area (Å²) in [4.78, 5) is 4.14. The van der Waals surface area contributed by atoms with Crippen molar-refractivity contribution in [2.24, 2.45) is 0 Å². The summed E-state index contributed by atoms with van der Waals surface area (Å²) in [5.41, 5.74) is 1.23. The zero-order valence-electron chi connectivity index (χ0n) is 9.68. The Morgan fingerprint density at radius 3 is 2.84 bits per heavy atom. The smallest absolute Gasteiger partial charge is 0.124 e. The Balaban J connectivity index is 2.13. The van der Waals surface area contributed by atoms with E-state index in [-0.39, 0.29) is 0 Å². The van der Waals surface area contributed by atoms with E-state index in [1.165, 1.54) is 6.20 Å².